The molecule has 1 aromatic carbocycles. The van der Waals surface area contributed by atoms with Crippen LogP contribution in [-0.4, -0.2) is 21.0 Å². The minimum atomic E-state index is -0.984. The number of nitro benzene ring substituents is 1. The van der Waals surface area contributed by atoms with Gasteiger partial charge in [0, 0.05) is 6.92 Å². The lowest BCUT2D eigenvalue weighted by molar-refractivity contribution is -0.385. The van der Waals surface area contributed by atoms with E-state index in [2.05, 4.69) is 15.5 Å². The lowest BCUT2D eigenvalue weighted by Crippen LogP contribution is -2.15. The van der Waals surface area contributed by atoms with Gasteiger partial charge in [-0.05, 0) is 6.07 Å². The van der Waals surface area contributed by atoms with E-state index < -0.39 is 27.9 Å². The number of aromatic nitrogens is 2. The van der Waals surface area contributed by atoms with Gasteiger partial charge in [0.1, 0.15) is 5.56 Å². The molecule has 104 valence electrons. The number of halogens is 1. The van der Waals surface area contributed by atoms with E-state index in [4.69, 9.17) is 10.2 Å². The summed E-state index contributed by atoms with van der Waals surface area (Å²) in [5.74, 6) is -1.69. The van der Waals surface area contributed by atoms with Gasteiger partial charge in [-0.3, -0.25) is 20.2 Å². The molecule has 0 aliphatic rings. The smallest absolute Gasteiger partial charge is 0.322 e. The van der Waals surface area contributed by atoms with E-state index in [0.717, 1.165) is 6.07 Å². The molecule has 0 saturated heterocycles. The summed E-state index contributed by atoms with van der Waals surface area (Å²) < 4.78 is 18.1. The summed E-state index contributed by atoms with van der Waals surface area (Å²) in [5, 5.41) is 19.9. The van der Waals surface area contributed by atoms with E-state index in [1.165, 1.54) is 6.92 Å². The molecule has 2 aromatic rings. The van der Waals surface area contributed by atoms with E-state index in [1.807, 2.05) is 0 Å². The molecule has 9 nitrogen and oxygen atoms in total. The topological polar surface area (TPSA) is 137 Å². The number of nitrogens with one attached hydrogen (secondary N) is 1. The number of benzene rings is 1. The third-order valence-electron chi connectivity index (χ3n) is 2.30. The summed E-state index contributed by atoms with van der Waals surface area (Å²) in [7, 11) is 0. The van der Waals surface area contributed by atoms with E-state index in [1.54, 1.807) is 0 Å². The van der Waals surface area contributed by atoms with Crippen molar-refractivity contribution in [3.63, 3.8) is 0 Å². The zero-order valence-electron chi connectivity index (χ0n) is 10.1. The standard InChI is InChI=1S/C10H8FN5O4/c1-4-14-15-10(20-4)13-9(17)5-2-7(12)6(11)3-8(5)16(18)19/h2-3H,12H2,1H3,(H,13,15,17). The number of rotatable bonds is 3. The van der Waals surface area contributed by atoms with Gasteiger partial charge in [0.05, 0.1) is 16.7 Å². The number of nitrogens with zero attached hydrogens (tertiary/aromatic N) is 3. The fraction of sp³-hybridized carbons (Fsp3) is 0.100. The van der Waals surface area contributed by atoms with Crippen molar-refractivity contribution in [2.24, 2.45) is 0 Å². The molecule has 20 heavy (non-hydrogen) atoms. The van der Waals surface area contributed by atoms with Crippen molar-refractivity contribution in [1.29, 1.82) is 0 Å². The number of nitrogen functional groups attached to an aromatic ring is 1. The molecule has 1 heterocycles. The maximum atomic E-state index is 13.2. The molecular weight excluding hydrogens is 273 g/mol. The van der Waals surface area contributed by atoms with Crippen LogP contribution in [0.5, 0.6) is 0 Å². The fourth-order valence-corrected chi connectivity index (χ4v) is 1.42. The monoisotopic (exact) mass is 281 g/mol. The van der Waals surface area contributed by atoms with Crippen LogP contribution in [0.3, 0.4) is 0 Å². The third-order valence-corrected chi connectivity index (χ3v) is 2.30. The lowest BCUT2D eigenvalue weighted by atomic mass is 10.1. The van der Waals surface area contributed by atoms with Crippen molar-refractivity contribution in [2.45, 2.75) is 6.92 Å². The van der Waals surface area contributed by atoms with Crippen LogP contribution in [0.15, 0.2) is 16.5 Å². The predicted molar refractivity (Wildman–Crippen MR) is 64.5 cm³/mol. The van der Waals surface area contributed by atoms with E-state index in [0.29, 0.717) is 6.07 Å². The largest absolute Gasteiger partial charge is 0.408 e. The van der Waals surface area contributed by atoms with Crippen molar-refractivity contribution < 1.29 is 18.5 Å². The lowest BCUT2D eigenvalue weighted by Gasteiger charge is -2.04. The Morgan fingerprint density at radius 2 is 2.20 bits per heavy atom. The minimum absolute atomic E-state index is 0.202. The number of carbonyl (C=O) groups excluding carboxylic acids is 1. The van der Waals surface area contributed by atoms with Crippen LogP contribution in [0.4, 0.5) is 21.8 Å². The molecule has 0 bridgehead atoms. The molecule has 0 aliphatic carbocycles. The second-order valence-electron chi connectivity index (χ2n) is 3.73. The first-order valence-corrected chi connectivity index (χ1v) is 5.23. The first-order valence-electron chi connectivity index (χ1n) is 5.23. The number of anilines is 2. The molecule has 0 saturated carbocycles. The Bertz CT molecular complexity index is 699. The second-order valence-corrected chi connectivity index (χ2v) is 3.73. The van der Waals surface area contributed by atoms with Crippen molar-refractivity contribution in [1.82, 2.24) is 10.2 Å². The maximum absolute atomic E-state index is 13.2. The summed E-state index contributed by atoms with van der Waals surface area (Å²) in [6.07, 6.45) is 0. The first-order chi connectivity index (χ1) is 9.38. The summed E-state index contributed by atoms with van der Waals surface area (Å²) in [4.78, 5) is 21.8. The van der Waals surface area contributed by atoms with Crippen LogP contribution in [-0.2, 0) is 0 Å². The Hall–Kier alpha value is -3.04. The van der Waals surface area contributed by atoms with Crippen LogP contribution in [0.2, 0.25) is 0 Å². The molecule has 0 aliphatic heterocycles. The van der Waals surface area contributed by atoms with Gasteiger partial charge >= 0.3 is 6.01 Å². The molecule has 2 rings (SSSR count). The summed E-state index contributed by atoms with van der Waals surface area (Å²) in [5.41, 5.74) is 3.78. The third kappa shape index (κ3) is 2.53. The van der Waals surface area contributed by atoms with Gasteiger partial charge in [0.2, 0.25) is 5.89 Å². The van der Waals surface area contributed by atoms with Crippen molar-refractivity contribution in [2.75, 3.05) is 11.1 Å². The zero-order chi connectivity index (χ0) is 14.9. The molecule has 0 unspecified atom stereocenters. The molecule has 1 aromatic heterocycles. The van der Waals surface area contributed by atoms with Crippen molar-refractivity contribution >= 4 is 23.3 Å². The van der Waals surface area contributed by atoms with Crippen LogP contribution < -0.4 is 11.1 Å². The molecule has 0 atom stereocenters. The molecule has 0 radical (unpaired) electrons. The van der Waals surface area contributed by atoms with Gasteiger partial charge in [-0.15, -0.1) is 5.10 Å². The highest BCUT2D eigenvalue weighted by atomic mass is 19.1. The number of nitro groups is 1. The van der Waals surface area contributed by atoms with Crippen molar-refractivity contribution in [3.8, 4) is 0 Å². The average molecular weight is 281 g/mol. The van der Waals surface area contributed by atoms with Crippen LogP contribution >= 0.6 is 0 Å². The highest BCUT2D eigenvalue weighted by molar-refractivity contribution is 6.06. The maximum Gasteiger partial charge on any atom is 0.322 e. The summed E-state index contributed by atoms with van der Waals surface area (Å²) >= 11 is 0. The SMILES string of the molecule is Cc1nnc(NC(=O)c2cc(N)c(F)cc2[N+](=O)[O-])o1. The molecule has 1 amide bonds. The van der Waals surface area contributed by atoms with Crippen LogP contribution in [0.25, 0.3) is 0 Å². The number of hydrogen-bond acceptors (Lipinski definition) is 7. The average Bonchev–Trinajstić information content (AvgIpc) is 2.77. The van der Waals surface area contributed by atoms with Crippen LogP contribution in [0.1, 0.15) is 16.2 Å². The van der Waals surface area contributed by atoms with Crippen molar-refractivity contribution in [3.05, 3.63) is 39.5 Å². The van der Waals surface area contributed by atoms with E-state index in [-0.39, 0.29) is 17.6 Å². The number of amides is 1. The Morgan fingerprint density at radius 3 is 2.75 bits per heavy atom. The van der Waals surface area contributed by atoms with Gasteiger partial charge in [0.25, 0.3) is 11.6 Å². The Morgan fingerprint density at radius 1 is 1.50 bits per heavy atom. The predicted octanol–water partition coefficient (Wildman–Crippen LogP) is 1.26. The van der Waals surface area contributed by atoms with E-state index >= 15 is 0 Å². The van der Waals surface area contributed by atoms with E-state index in [9.17, 15) is 19.3 Å². The normalized spacial score (nSPS) is 10.3. The Kier molecular flexibility index (Phi) is 3.29. The van der Waals surface area contributed by atoms with Gasteiger partial charge in [0.15, 0.2) is 5.82 Å². The minimum Gasteiger partial charge on any atom is -0.408 e. The second kappa shape index (κ2) is 4.91. The number of nitrogens with two attached hydrogens (primary N) is 1. The molecular formula is C10H8FN5O4. The molecule has 10 heteroatoms. The van der Waals surface area contributed by atoms with Gasteiger partial charge in [-0.1, -0.05) is 5.10 Å². The molecule has 0 spiro atoms. The number of carbonyl (C=O) groups is 1. The number of aryl methyl sites for hydroxylation is 1. The summed E-state index contributed by atoms with van der Waals surface area (Å²) in [6.45, 7) is 1.50. The first kappa shape index (κ1) is 13.4. The van der Waals surface area contributed by atoms with Crippen LogP contribution in [0, 0.1) is 22.9 Å². The van der Waals surface area contributed by atoms with Gasteiger partial charge in [-0.25, -0.2) is 4.39 Å². The Labute approximate surface area is 110 Å². The quantitative estimate of drug-likeness (QED) is 0.490. The highest BCUT2D eigenvalue weighted by Gasteiger charge is 2.24. The van der Waals surface area contributed by atoms with Gasteiger partial charge in [-0.2, -0.15) is 0 Å². The molecule has 0 fully saturated rings. The summed E-state index contributed by atoms with van der Waals surface area (Å²) in [6, 6.07) is 1.21. The molecule has 3 N–H and O–H groups in total. The Balaban J connectivity index is 2.38. The highest BCUT2D eigenvalue weighted by Crippen LogP contribution is 2.25. The number of hydrogen-bond donors (Lipinski definition) is 2. The zero-order valence-corrected chi connectivity index (χ0v) is 10.1. The fourth-order valence-electron chi connectivity index (χ4n) is 1.42. The van der Waals surface area contributed by atoms with Gasteiger partial charge < -0.3 is 10.2 Å².